The van der Waals surface area contributed by atoms with Gasteiger partial charge in [-0.2, -0.15) is 0 Å². The second-order valence-electron chi connectivity index (χ2n) is 4.29. The monoisotopic (exact) mass is 309 g/mol. The first-order valence-electron chi connectivity index (χ1n) is 6.16. The minimum absolute atomic E-state index is 0.286. The van der Waals surface area contributed by atoms with E-state index in [2.05, 4.69) is 24.8 Å². The van der Waals surface area contributed by atoms with Crippen LogP contribution in [0.4, 0.5) is 11.1 Å². The zero-order chi connectivity index (χ0) is 13.9. The van der Waals surface area contributed by atoms with Crippen molar-refractivity contribution in [3.05, 3.63) is 28.5 Å². The van der Waals surface area contributed by atoms with Gasteiger partial charge in [-0.15, -0.1) is 0 Å². The highest BCUT2D eigenvalue weighted by Gasteiger charge is 2.22. The van der Waals surface area contributed by atoms with Gasteiger partial charge in [0.2, 0.25) is 5.95 Å². The standard InChI is InChI=1S/C12H12ClN5OS/c13-10-9(8-19)20-12(16-10)18-6-4-17(5-7-18)11-14-2-1-3-15-11/h1-3,8H,4-7H2. The minimum atomic E-state index is 0.286. The molecule has 3 rings (SSSR count). The Balaban J connectivity index is 1.67. The first-order chi connectivity index (χ1) is 9.78. The van der Waals surface area contributed by atoms with Gasteiger partial charge < -0.3 is 9.80 Å². The minimum Gasteiger partial charge on any atom is -0.344 e. The molecule has 0 aromatic carbocycles. The lowest BCUT2D eigenvalue weighted by molar-refractivity contribution is 0.112. The quantitative estimate of drug-likeness (QED) is 0.805. The summed E-state index contributed by atoms with van der Waals surface area (Å²) in [4.78, 5) is 28.3. The van der Waals surface area contributed by atoms with Crippen LogP contribution in [0.15, 0.2) is 18.5 Å². The van der Waals surface area contributed by atoms with E-state index in [0.717, 1.165) is 43.5 Å². The molecule has 20 heavy (non-hydrogen) atoms. The number of rotatable bonds is 3. The topological polar surface area (TPSA) is 62.2 Å². The molecule has 0 aliphatic carbocycles. The predicted molar refractivity (Wildman–Crippen MR) is 79.0 cm³/mol. The molecule has 1 fully saturated rings. The fourth-order valence-corrected chi connectivity index (χ4v) is 3.18. The number of thiazole rings is 1. The number of aromatic nitrogens is 3. The van der Waals surface area contributed by atoms with Crippen LogP contribution < -0.4 is 9.80 Å². The van der Waals surface area contributed by atoms with Gasteiger partial charge in [0, 0.05) is 38.6 Å². The summed E-state index contributed by atoms with van der Waals surface area (Å²) in [6.45, 7) is 3.25. The van der Waals surface area contributed by atoms with Crippen molar-refractivity contribution in [1.82, 2.24) is 15.0 Å². The third kappa shape index (κ3) is 2.59. The number of hydrogen-bond acceptors (Lipinski definition) is 7. The highest BCUT2D eigenvalue weighted by Crippen LogP contribution is 2.29. The van der Waals surface area contributed by atoms with Gasteiger partial charge in [0.25, 0.3) is 0 Å². The first-order valence-corrected chi connectivity index (χ1v) is 7.36. The number of halogens is 1. The Hall–Kier alpha value is -1.73. The van der Waals surface area contributed by atoms with E-state index < -0.39 is 0 Å². The van der Waals surface area contributed by atoms with Crippen molar-refractivity contribution in [2.45, 2.75) is 0 Å². The summed E-state index contributed by atoms with van der Waals surface area (Å²) in [5.41, 5.74) is 0. The van der Waals surface area contributed by atoms with Crippen LogP contribution in [0.3, 0.4) is 0 Å². The van der Waals surface area contributed by atoms with Gasteiger partial charge in [-0.05, 0) is 6.07 Å². The van der Waals surface area contributed by atoms with Crippen LogP contribution in [0.2, 0.25) is 5.15 Å². The summed E-state index contributed by atoms with van der Waals surface area (Å²) in [5.74, 6) is 0.748. The van der Waals surface area contributed by atoms with Gasteiger partial charge in [-0.25, -0.2) is 15.0 Å². The van der Waals surface area contributed by atoms with Crippen molar-refractivity contribution in [3.63, 3.8) is 0 Å². The Bertz CT molecular complexity index is 597. The third-order valence-electron chi connectivity index (χ3n) is 3.09. The maximum absolute atomic E-state index is 10.8. The van der Waals surface area contributed by atoms with Gasteiger partial charge in [0.1, 0.15) is 4.88 Å². The maximum atomic E-state index is 10.8. The molecule has 0 bridgehead atoms. The fraction of sp³-hybridized carbons (Fsp3) is 0.333. The number of carbonyl (C=O) groups is 1. The number of anilines is 2. The molecular weight excluding hydrogens is 298 g/mol. The van der Waals surface area contributed by atoms with Crippen LogP contribution in [0, 0.1) is 0 Å². The van der Waals surface area contributed by atoms with Crippen LogP contribution >= 0.6 is 22.9 Å². The van der Waals surface area contributed by atoms with Gasteiger partial charge in [0.15, 0.2) is 16.6 Å². The van der Waals surface area contributed by atoms with Crippen LogP contribution in [0.25, 0.3) is 0 Å². The van der Waals surface area contributed by atoms with E-state index in [4.69, 9.17) is 11.6 Å². The lowest BCUT2D eigenvalue weighted by Gasteiger charge is -2.34. The molecule has 0 amide bonds. The molecular formula is C12H12ClN5OS. The van der Waals surface area contributed by atoms with Gasteiger partial charge >= 0.3 is 0 Å². The highest BCUT2D eigenvalue weighted by molar-refractivity contribution is 7.17. The van der Waals surface area contributed by atoms with Gasteiger partial charge in [0.05, 0.1) is 0 Å². The van der Waals surface area contributed by atoms with Crippen molar-refractivity contribution in [2.24, 2.45) is 0 Å². The summed E-state index contributed by atoms with van der Waals surface area (Å²) in [7, 11) is 0. The summed E-state index contributed by atoms with van der Waals surface area (Å²) in [6, 6.07) is 1.80. The molecule has 8 heteroatoms. The van der Waals surface area contributed by atoms with Crippen LogP contribution in [-0.4, -0.2) is 47.4 Å². The summed E-state index contributed by atoms with van der Waals surface area (Å²) < 4.78 is 0. The Kier molecular flexibility index (Phi) is 3.79. The smallest absolute Gasteiger partial charge is 0.225 e. The molecule has 0 saturated carbocycles. The van der Waals surface area contributed by atoms with Crippen molar-refractivity contribution < 1.29 is 4.79 Å². The Morgan fingerprint density at radius 3 is 2.40 bits per heavy atom. The van der Waals surface area contributed by atoms with Crippen LogP contribution in [-0.2, 0) is 0 Å². The predicted octanol–water partition coefficient (Wildman–Crippen LogP) is 1.73. The van der Waals surface area contributed by atoms with Gasteiger partial charge in [-0.1, -0.05) is 22.9 Å². The maximum Gasteiger partial charge on any atom is 0.225 e. The second kappa shape index (κ2) is 5.72. The summed E-state index contributed by atoms with van der Waals surface area (Å²) in [5, 5.41) is 1.08. The molecule has 2 aromatic rings. The van der Waals surface area contributed by atoms with E-state index in [9.17, 15) is 4.79 Å². The largest absolute Gasteiger partial charge is 0.344 e. The average Bonchev–Trinajstić information content (AvgIpc) is 2.89. The molecule has 2 aromatic heterocycles. The molecule has 0 N–H and O–H groups in total. The van der Waals surface area contributed by atoms with E-state index in [1.807, 2.05) is 0 Å². The molecule has 0 atom stereocenters. The molecule has 6 nitrogen and oxygen atoms in total. The Morgan fingerprint density at radius 2 is 1.80 bits per heavy atom. The molecule has 3 heterocycles. The number of carbonyl (C=O) groups excluding carboxylic acids is 1. The highest BCUT2D eigenvalue weighted by atomic mass is 35.5. The molecule has 104 valence electrons. The van der Waals surface area contributed by atoms with E-state index in [-0.39, 0.29) is 5.15 Å². The summed E-state index contributed by atoms with van der Waals surface area (Å²) >= 11 is 7.23. The number of hydrogen-bond donors (Lipinski definition) is 0. The Morgan fingerprint density at radius 1 is 1.15 bits per heavy atom. The van der Waals surface area contributed by atoms with Crippen molar-refractivity contribution in [1.29, 1.82) is 0 Å². The lowest BCUT2D eigenvalue weighted by atomic mass is 10.3. The van der Waals surface area contributed by atoms with E-state index in [1.165, 1.54) is 11.3 Å². The van der Waals surface area contributed by atoms with Crippen LogP contribution in [0.1, 0.15) is 9.67 Å². The van der Waals surface area contributed by atoms with Crippen LogP contribution in [0.5, 0.6) is 0 Å². The zero-order valence-electron chi connectivity index (χ0n) is 10.6. The van der Waals surface area contributed by atoms with E-state index in [1.54, 1.807) is 18.5 Å². The molecule has 1 aliphatic rings. The van der Waals surface area contributed by atoms with E-state index >= 15 is 0 Å². The Labute approximate surface area is 125 Å². The second-order valence-corrected chi connectivity index (χ2v) is 5.66. The number of aldehydes is 1. The van der Waals surface area contributed by atoms with Crippen molar-refractivity contribution >= 4 is 40.3 Å². The fourth-order valence-electron chi connectivity index (χ4n) is 2.06. The number of nitrogens with zero attached hydrogens (tertiary/aromatic N) is 5. The molecule has 0 spiro atoms. The average molecular weight is 310 g/mol. The molecule has 1 saturated heterocycles. The zero-order valence-corrected chi connectivity index (χ0v) is 12.1. The molecule has 0 unspecified atom stereocenters. The summed E-state index contributed by atoms with van der Waals surface area (Å²) in [6.07, 6.45) is 4.23. The van der Waals surface area contributed by atoms with Gasteiger partial charge in [-0.3, -0.25) is 4.79 Å². The van der Waals surface area contributed by atoms with Crippen molar-refractivity contribution in [2.75, 3.05) is 36.0 Å². The van der Waals surface area contributed by atoms with E-state index in [0.29, 0.717) is 4.88 Å². The third-order valence-corrected chi connectivity index (χ3v) is 4.53. The molecule has 1 aliphatic heterocycles. The SMILES string of the molecule is O=Cc1sc(N2CCN(c3ncccn3)CC2)nc1Cl. The normalized spacial score (nSPS) is 15.4. The number of piperazine rings is 1. The first kappa shape index (κ1) is 13.3. The lowest BCUT2D eigenvalue weighted by Crippen LogP contribution is -2.47. The molecule has 0 radical (unpaired) electrons. The van der Waals surface area contributed by atoms with Crippen molar-refractivity contribution in [3.8, 4) is 0 Å².